The Morgan fingerprint density at radius 3 is 2.90 bits per heavy atom. The minimum Gasteiger partial charge on any atom is -0.467 e. The fourth-order valence-corrected chi connectivity index (χ4v) is 4.56. The number of nitrogens with zero attached hydrogens (tertiary/aromatic N) is 1. The van der Waals surface area contributed by atoms with Gasteiger partial charge < -0.3 is 24.4 Å². The minimum absolute atomic E-state index is 0.00630. The number of benzene rings is 1. The molecule has 0 spiro atoms. The molecule has 2 atom stereocenters. The van der Waals surface area contributed by atoms with Crippen molar-refractivity contribution >= 4 is 17.8 Å². The molecular weight excluding hydrogens is 376 g/mol. The van der Waals surface area contributed by atoms with Crippen molar-refractivity contribution in [1.82, 2.24) is 10.2 Å². The van der Waals surface area contributed by atoms with Gasteiger partial charge in [-0.2, -0.15) is 0 Å². The molecule has 0 bridgehead atoms. The Morgan fingerprint density at radius 1 is 1.31 bits per heavy atom. The van der Waals surface area contributed by atoms with Crippen LogP contribution in [0.1, 0.15) is 44.1 Å². The molecule has 1 unspecified atom stereocenters. The normalized spacial score (nSPS) is 25.2. The minimum atomic E-state index is -0.490. The van der Waals surface area contributed by atoms with Gasteiger partial charge in [-0.3, -0.25) is 9.59 Å². The maximum Gasteiger partial charge on any atom is 0.328 e. The zero-order valence-electron chi connectivity index (χ0n) is 16.6. The third-order valence-electron chi connectivity index (χ3n) is 6.08. The highest BCUT2D eigenvalue weighted by Gasteiger charge is 2.40. The van der Waals surface area contributed by atoms with Crippen LogP contribution in [-0.4, -0.2) is 54.7 Å². The van der Waals surface area contributed by atoms with Crippen molar-refractivity contribution < 1.29 is 28.6 Å². The molecule has 3 heterocycles. The summed E-state index contributed by atoms with van der Waals surface area (Å²) in [6.45, 7) is 0.784. The Morgan fingerprint density at radius 2 is 2.14 bits per heavy atom. The Bertz CT molecular complexity index is 825. The molecule has 0 aromatic heterocycles. The SMILES string of the molecule is COC(=O)[C@@H]1CCCN1C(=O)CCC1(Cc2ccc3c(c2)OCO3)CCC(=O)N1. The van der Waals surface area contributed by atoms with E-state index in [1.807, 2.05) is 18.2 Å². The highest BCUT2D eigenvalue weighted by molar-refractivity contribution is 5.85. The number of carbonyl (C=O) groups is 3. The topological polar surface area (TPSA) is 94.2 Å². The van der Waals surface area contributed by atoms with Crippen LogP contribution in [0, 0.1) is 0 Å². The van der Waals surface area contributed by atoms with Crippen LogP contribution in [0.25, 0.3) is 0 Å². The molecule has 3 aliphatic rings. The van der Waals surface area contributed by atoms with Gasteiger partial charge in [0.25, 0.3) is 0 Å². The van der Waals surface area contributed by atoms with Crippen LogP contribution in [0.2, 0.25) is 0 Å². The number of likely N-dealkylation sites (tertiary alicyclic amines) is 1. The molecule has 2 amide bonds. The number of ether oxygens (including phenoxy) is 3. The lowest BCUT2D eigenvalue weighted by Crippen LogP contribution is -2.46. The quantitative estimate of drug-likeness (QED) is 0.726. The van der Waals surface area contributed by atoms with E-state index in [0.717, 1.165) is 17.7 Å². The summed E-state index contributed by atoms with van der Waals surface area (Å²) in [5.74, 6) is 1.00. The van der Waals surface area contributed by atoms with E-state index >= 15 is 0 Å². The monoisotopic (exact) mass is 402 g/mol. The second-order valence-electron chi connectivity index (χ2n) is 7.96. The second kappa shape index (κ2) is 7.93. The smallest absolute Gasteiger partial charge is 0.328 e. The Balaban J connectivity index is 1.44. The van der Waals surface area contributed by atoms with Gasteiger partial charge in [-0.15, -0.1) is 0 Å². The van der Waals surface area contributed by atoms with E-state index in [-0.39, 0.29) is 31.0 Å². The van der Waals surface area contributed by atoms with Crippen molar-refractivity contribution in [3.8, 4) is 11.5 Å². The number of nitrogens with one attached hydrogen (secondary N) is 1. The van der Waals surface area contributed by atoms with Gasteiger partial charge in [-0.05, 0) is 49.8 Å². The summed E-state index contributed by atoms with van der Waals surface area (Å²) >= 11 is 0. The van der Waals surface area contributed by atoms with Gasteiger partial charge in [-0.1, -0.05) is 6.07 Å². The molecule has 156 valence electrons. The maximum absolute atomic E-state index is 12.8. The van der Waals surface area contributed by atoms with Gasteiger partial charge in [0.05, 0.1) is 7.11 Å². The number of methoxy groups -OCH3 is 1. The van der Waals surface area contributed by atoms with Crippen molar-refractivity contribution in [3.63, 3.8) is 0 Å². The molecule has 4 rings (SSSR count). The number of carbonyl (C=O) groups excluding carboxylic acids is 3. The number of rotatable bonds is 6. The molecule has 1 aromatic carbocycles. The highest BCUT2D eigenvalue weighted by Crippen LogP contribution is 2.36. The first-order valence-corrected chi connectivity index (χ1v) is 10.1. The van der Waals surface area contributed by atoms with Crippen molar-refractivity contribution in [2.45, 2.75) is 56.5 Å². The number of amides is 2. The molecular formula is C21H26N2O6. The largest absolute Gasteiger partial charge is 0.467 e. The molecule has 2 saturated heterocycles. The number of fused-ring (bicyclic) bond motifs is 1. The van der Waals surface area contributed by atoms with Crippen LogP contribution in [0.4, 0.5) is 0 Å². The van der Waals surface area contributed by atoms with E-state index in [2.05, 4.69) is 5.32 Å². The molecule has 29 heavy (non-hydrogen) atoms. The first-order chi connectivity index (χ1) is 14.0. The second-order valence-corrected chi connectivity index (χ2v) is 7.96. The number of esters is 1. The van der Waals surface area contributed by atoms with Crippen molar-refractivity contribution in [2.75, 3.05) is 20.4 Å². The molecule has 1 aromatic rings. The van der Waals surface area contributed by atoms with Crippen molar-refractivity contribution in [3.05, 3.63) is 23.8 Å². The average Bonchev–Trinajstić information content (AvgIpc) is 3.45. The molecule has 8 nitrogen and oxygen atoms in total. The molecule has 8 heteroatoms. The van der Waals surface area contributed by atoms with E-state index < -0.39 is 11.6 Å². The summed E-state index contributed by atoms with van der Waals surface area (Å²) in [6.07, 6.45) is 3.97. The Labute approximate surface area is 169 Å². The maximum atomic E-state index is 12.8. The lowest BCUT2D eigenvalue weighted by Gasteiger charge is -2.31. The average molecular weight is 402 g/mol. The zero-order valence-corrected chi connectivity index (χ0v) is 16.6. The Kier molecular flexibility index (Phi) is 5.34. The lowest BCUT2D eigenvalue weighted by atomic mass is 9.84. The lowest BCUT2D eigenvalue weighted by molar-refractivity contribution is -0.151. The Hall–Kier alpha value is -2.77. The third kappa shape index (κ3) is 4.02. The van der Waals surface area contributed by atoms with E-state index in [1.54, 1.807) is 4.90 Å². The summed E-state index contributed by atoms with van der Waals surface area (Å²) in [7, 11) is 1.34. The van der Waals surface area contributed by atoms with Gasteiger partial charge in [0.15, 0.2) is 11.5 Å². The molecule has 1 N–H and O–H groups in total. The molecule has 2 fully saturated rings. The summed E-state index contributed by atoms with van der Waals surface area (Å²) in [4.78, 5) is 38.4. The molecule has 0 saturated carbocycles. The van der Waals surface area contributed by atoms with Gasteiger partial charge in [0, 0.05) is 24.9 Å². The van der Waals surface area contributed by atoms with Crippen LogP contribution >= 0.6 is 0 Å². The van der Waals surface area contributed by atoms with Gasteiger partial charge in [0.2, 0.25) is 18.6 Å². The van der Waals surface area contributed by atoms with Gasteiger partial charge in [-0.25, -0.2) is 4.79 Å². The van der Waals surface area contributed by atoms with E-state index in [4.69, 9.17) is 14.2 Å². The van der Waals surface area contributed by atoms with E-state index in [1.165, 1.54) is 7.11 Å². The van der Waals surface area contributed by atoms with Crippen LogP contribution in [0.5, 0.6) is 11.5 Å². The van der Waals surface area contributed by atoms with E-state index in [9.17, 15) is 14.4 Å². The van der Waals surface area contributed by atoms with Crippen molar-refractivity contribution in [1.29, 1.82) is 0 Å². The summed E-state index contributed by atoms with van der Waals surface area (Å²) in [5.41, 5.74) is 0.554. The predicted octanol–water partition coefficient (Wildman–Crippen LogP) is 1.55. The highest BCUT2D eigenvalue weighted by atomic mass is 16.7. The van der Waals surface area contributed by atoms with Gasteiger partial charge in [0.1, 0.15) is 6.04 Å². The molecule has 3 aliphatic heterocycles. The third-order valence-corrected chi connectivity index (χ3v) is 6.08. The summed E-state index contributed by atoms with van der Waals surface area (Å²) < 4.78 is 15.6. The predicted molar refractivity (Wildman–Crippen MR) is 102 cm³/mol. The molecule has 0 aliphatic carbocycles. The van der Waals surface area contributed by atoms with Crippen LogP contribution < -0.4 is 14.8 Å². The van der Waals surface area contributed by atoms with Gasteiger partial charge >= 0.3 is 5.97 Å². The summed E-state index contributed by atoms with van der Waals surface area (Å²) in [5, 5.41) is 3.10. The first-order valence-electron chi connectivity index (χ1n) is 10.1. The zero-order chi connectivity index (χ0) is 20.4. The van der Waals surface area contributed by atoms with Crippen molar-refractivity contribution in [2.24, 2.45) is 0 Å². The fourth-order valence-electron chi connectivity index (χ4n) is 4.56. The first kappa shape index (κ1) is 19.5. The fraction of sp³-hybridized carbons (Fsp3) is 0.571. The number of hydrogen-bond acceptors (Lipinski definition) is 6. The van der Waals surface area contributed by atoms with Crippen LogP contribution in [-0.2, 0) is 25.5 Å². The number of hydrogen-bond donors (Lipinski definition) is 1. The van der Waals surface area contributed by atoms with E-state index in [0.29, 0.717) is 44.4 Å². The van der Waals surface area contributed by atoms with Crippen LogP contribution in [0.15, 0.2) is 18.2 Å². The summed E-state index contributed by atoms with van der Waals surface area (Å²) in [6, 6.07) is 5.29. The molecule has 0 radical (unpaired) electrons. The standard InChI is InChI=1S/C21H26N2O6/c1-27-20(26)15-3-2-10-23(15)19(25)7-9-21(8-6-18(24)22-21)12-14-4-5-16-17(11-14)29-13-28-16/h4-5,11,15H,2-3,6-10,12-13H2,1H3,(H,22,24)/t15-,21?/m0/s1. The van der Waals surface area contributed by atoms with Crippen LogP contribution in [0.3, 0.4) is 0 Å².